The minimum atomic E-state index is -1.11. The van der Waals surface area contributed by atoms with Crippen LogP contribution in [0.25, 0.3) is 0 Å². The standard InChI is InChI=1S/C13H17BrN2O4/c1-2-16(6-3-7-17)13(20)15-11-5-4-9(14)8-10(11)12(18)19/h4-5,8,17H,2-3,6-7H2,1H3,(H,15,20)(H,18,19). The third-order valence-electron chi connectivity index (χ3n) is 2.71. The molecule has 0 aliphatic rings. The number of aliphatic hydroxyl groups excluding tert-OH is 1. The lowest BCUT2D eigenvalue weighted by Gasteiger charge is -2.21. The van der Waals surface area contributed by atoms with Crippen LogP contribution in [0.15, 0.2) is 22.7 Å². The Morgan fingerprint density at radius 2 is 2.10 bits per heavy atom. The number of amides is 2. The van der Waals surface area contributed by atoms with E-state index in [1.807, 2.05) is 6.92 Å². The number of carbonyl (C=O) groups excluding carboxylic acids is 1. The number of urea groups is 1. The molecule has 0 saturated carbocycles. The fourth-order valence-electron chi connectivity index (χ4n) is 1.66. The fraction of sp³-hybridized carbons (Fsp3) is 0.385. The van der Waals surface area contributed by atoms with Crippen LogP contribution in [0.3, 0.4) is 0 Å². The van der Waals surface area contributed by atoms with E-state index >= 15 is 0 Å². The van der Waals surface area contributed by atoms with Crippen LogP contribution in [0, 0.1) is 0 Å². The van der Waals surface area contributed by atoms with Crippen LogP contribution in [-0.4, -0.2) is 46.8 Å². The van der Waals surface area contributed by atoms with Crippen molar-refractivity contribution in [1.29, 1.82) is 0 Å². The van der Waals surface area contributed by atoms with E-state index in [1.165, 1.54) is 17.0 Å². The predicted octanol–water partition coefficient (Wildman–Crippen LogP) is 2.38. The first-order valence-corrected chi connectivity index (χ1v) is 6.98. The van der Waals surface area contributed by atoms with Gasteiger partial charge in [-0.3, -0.25) is 0 Å². The number of hydrogen-bond acceptors (Lipinski definition) is 3. The van der Waals surface area contributed by atoms with Crippen molar-refractivity contribution in [2.75, 3.05) is 25.0 Å². The van der Waals surface area contributed by atoms with Gasteiger partial charge < -0.3 is 20.4 Å². The van der Waals surface area contributed by atoms with Crippen molar-refractivity contribution in [3.8, 4) is 0 Å². The molecule has 3 N–H and O–H groups in total. The Labute approximate surface area is 125 Å². The Kier molecular flexibility index (Phi) is 6.47. The molecule has 0 heterocycles. The highest BCUT2D eigenvalue weighted by Crippen LogP contribution is 2.21. The number of anilines is 1. The molecular weight excluding hydrogens is 328 g/mol. The second kappa shape index (κ2) is 7.86. The summed E-state index contributed by atoms with van der Waals surface area (Å²) in [7, 11) is 0. The topological polar surface area (TPSA) is 89.9 Å². The molecule has 1 aromatic rings. The number of nitrogens with zero attached hydrogens (tertiary/aromatic N) is 1. The van der Waals surface area contributed by atoms with Crippen molar-refractivity contribution in [2.24, 2.45) is 0 Å². The molecule has 0 atom stereocenters. The van der Waals surface area contributed by atoms with Crippen molar-refractivity contribution >= 4 is 33.6 Å². The van der Waals surface area contributed by atoms with Gasteiger partial charge in [-0.15, -0.1) is 0 Å². The highest BCUT2D eigenvalue weighted by Gasteiger charge is 2.16. The van der Waals surface area contributed by atoms with Gasteiger partial charge in [-0.05, 0) is 31.5 Å². The van der Waals surface area contributed by atoms with Crippen LogP contribution >= 0.6 is 15.9 Å². The van der Waals surface area contributed by atoms with Gasteiger partial charge in [-0.2, -0.15) is 0 Å². The smallest absolute Gasteiger partial charge is 0.337 e. The Morgan fingerprint density at radius 3 is 2.65 bits per heavy atom. The van der Waals surface area contributed by atoms with E-state index in [2.05, 4.69) is 21.2 Å². The molecule has 0 radical (unpaired) electrons. The van der Waals surface area contributed by atoms with E-state index in [4.69, 9.17) is 10.2 Å². The van der Waals surface area contributed by atoms with Crippen molar-refractivity contribution < 1.29 is 19.8 Å². The van der Waals surface area contributed by atoms with Gasteiger partial charge in [0.15, 0.2) is 0 Å². The summed E-state index contributed by atoms with van der Waals surface area (Å²) >= 11 is 3.19. The molecule has 0 bridgehead atoms. The summed E-state index contributed by atoms with van der Waals surface area (Å²) in [5.74, 6) is -1.11. The molecule has 6 nitrogen and oxygen atoms in total. The van der Waals surface area contributed by atoms with E-state index in [0.29, 0.717) is 24.0 Å². The largest absolute Gasteiger partial charge is 0.478 e. The fourth-order valence-corrected chi connectivity index (χ4v) is 2.02. The molecule has 110 valence electrons. The van der Waals surface area contributed by atoms with Gasteiger partial charge in [0.1, 0.15) is 0 Å². The summed E-state index contributed by atoms with van der Waals surface area (Å²) in [5.41, 5.74) is 0.263. The lowest BCUT2D eigenvalue weighted by Crippen LogP contribution is -2.36. The Bertz CT molecular complexity index is 493. The maximum atomic E-state index is 12.0. The Morgan fingerprint density at radius 1 is 1.40 bits per heavy atom. The number of hydrogen-bond donors (Lipinski definition) is 3. The normalized spacial score (nSPS) is 10.2. The summed E-state index contributed by atoms with van der Waals surface area (Å²) in [4.78, 5) is 24.7. The van der Waals surface area contributed by atoms with Gasteiger partial charge in [-0.1, -0.05) is 15.9 Å². The van der Waals surface area contributed by atoms with Crippen LogP contribution in [0.2, 0.25) is 0 Å². The molecule has 0 fully saturated rings. The van der Waals surface area contributed by atoms with E-state index in [9.17, 15) is 9.59 Å². The lowest BCUT2D eigenvalue weighted by molar-refractivity contribution is 0.0698. The number of halogens is 1. The molecule has 7 heteroatoms. The number of carbonyl (C=O) groups is 2. The van der Waals surface area contributed by atoms with Crippen LogP contribution in [0.1, 0.15) is 23.7 Å². The van der Waals surface area contributed by atoms with E-state index in [-0.39, 0.29) is 23.9 Å². The zero-order chi connectivity index (χ0) is 15.1. The minimum absolute atomic E-state index is 0.00242. The van der Waals surface area contributed by atoms with Gasteiger partial charge in [0, 0.05) is 24.2 Å². The summed E-state index contributed by atoms with van der Waals surface area (Å²) in [6.07, 6.45) is 0.480. The zero-order valence-electron chi connectivity index (χ0n) is 11.1. The van der Waals surface area contributed by atoms with Gasteiger partial charge in [0.05, 0.1) is 11.3 Å². The summed E-state index contributed by atoms with van der Waals surface area (Å²) in [6, 6.07) is 4.24. The average Bonchev–Trinajstić information content (AvgIpc) is 2.41. The maximum absolute atomic E-state index is 12.0. The molecule has 1 rings (SSSR count). The third kappa shape index (κ3) is 4.50. The van der Waals surface area contributed by atoms with Gasteiger partial charge in [0.25, 0.3) is 0 Å². The van der Waals surface area contributed by atoms with E-state index < -0.39 is 5.97 Å². The second-order valence-electron chi connectivity index (χ2n) is 4.08. The third-order valence-corrected chi connectivity index (χ3v) is 3.20. The molecule has 0 aliphatic carbocycles. The number of aliphatic hydroxyl groups is 1. The highest BCUT2D eigenvalue weighted by molar-refractivity contribution is 9.10. The Balaban J connectivity index is 2.86. The maximum Gasteiger partial charge on any atom is 0.337 e. The van der Waals surface area contributed by atoms with Gasteiger partial charge >= 0.3 is 12.0 Å². The molecule has 1 aromatic carbocycles. The zero-order valence-corrected chi connectivity index (χ0v) is 12.7. The number of benzene rings is 1. The number of carboxylic acid groups (broad SMARTS) is 1. The van der Waals surface area contributed by atoms with E-state index in [1.54, 1.807) is 6.07 Å². The number of nitrogens with one attached hydrogen (secondary N) is 1. The van der Waals surface area contributed by atoms with Gasteiger partial charge in [-0.25, -0.2) is 9.59 Å². The quantitative estimate of drug-likeness (QED) is 0.738. The molecule has 0 saturated heterocycles. The van der Waals surface area contributed by atoms with Crippen LogP contribution in [0.4, 0.5) is 10.5 Å². The van der Waals surface area contributed by atoms with Crippen LogP contribution < -0.4 is 5.32 Å². The molecule has 0 aliphatic heterocycles. The summed E-state index contributed by atoms with van der Waals surface area (Å²) in [5, 5.41) is 20.5. The van der Waals surface area contributed by atoms with Crippen LogP contribution in [0.5, 0.6) is 0 Å². The number of carboxylic acids is 1. The molecule has 0 aromatic heterocycles. The first-order chi connectivity index (χ1) is 9.49. The molecule has 2 amide bonds. The first-order valence-electron chi connectivity index (χ1n) is 6.19. The van der Waals surface area contributed by atoms with Crippen molar-refractivity contribution in [2.45, 2.75) is 13.3 Å². The van der Waals surface area contributed by atoms with Gasteiger partial charge in [0.2, 0.25) is 0 Å². The Hall–Kier alpha value is -1.60. The summed E-state index contributed by atoms with van der Waals surface area (Å²) < 4.78 is 0.625. The molecule has 20 heavy (non-hydrogen) atoms. The SMILES string of the molecule is CCN(CCCO)C(=O)Nc1ccc(Br)cc1C(=O)O. The average molecular weight is 345 g/mol. The lowest BCUT2D eigenvalue weighted by atomic mass is 10.2. The minimum Gasteiger partial charge on any atom is -0.478 e. The predicted molar refractivity (Wildman–Crippen MR) is 79.1 cm³/mol. The molecule has 0 unspecified atom stereocenters. The molecular formula is C13H17BrN2O4. The van der Waals surface area contributed by atoms with E-state index in [0.717, 1.165) is 0 Å². The second-order valence-corrected chi connectivity index (χ2v) is 5.00. The van der Waals surface area contributed by atoms with Crippen LogP contribution in [-0.2, 0) is 0 Å². The number of rotatable bonds is 6. The van der Waals surface area contributed by atoms with Crippen molar-refractivity contribution in [1.82, 2.24) is 4.90 Å². The monoisotopic (exact) mass is 344 g/mol. The summed E-state index contributed by atoms with van der Waals surface area (Å²) in [6.45, 7) is 2.71. The van der Waals surface area contributed by atoms with Crippen molar-refractivity contribution in [3.05, 3.63) is 28.2 Å². The highest BCUT2D eigenvalue weighted by atomic mass is 79.9. The molecule has 0 spiro atoms. The van der Waals surface area contributed by atoms with Crippen molar-refractivity contribution in [3.63, 3.8) is 0 Å². The number of aromatic carboxylic acids is 1. The first kappa shape index (κ1) is 16.5.